The molecule has 3 heteroatoms. The van der Waals surface area contributed by atoms with E-state index < -0.39 is 0 Å². The molecule has 1 atom stereocenters. The van der Waals surface area contributed by atoms with E-state index in [4.69, 9.17) is 0 Å². The molecule has 2 aromatic carbocycles. The second kappa shape index (κ2) is 5.80. The lowest BCUT2D eigenvalue weighted by molar-refractivity contribution is 0.474. The minimum Gasteiger partial charge on any atom is -0.508 e. The first kappa shape index (κ1) is 13.4. The third-order valence-electron chi connectivity index (χ3n) is 3.72. The molecule has 1 unspecified atom stereocenters. The molecule has 1 aliphatic rings. The first-order chi connectivity index (χ1) is 9.78. The van der Waals surface area contributed by atoms with Gasteiger partial charge in [0, 0.05) is 10.6 Å². The van der Waals surface area contributed by atoms with E-state index in [1.165, 1.54) is 21.7 Å². The van der Waals surface area contributed by atoms with Crippen molar-refractivity contribution in [1.29, 1.82) is 0 Å². The molecule has 0 heterocycles. The molecule has 0 aromatic heterocycles. The zero-order chi connectivity index (χ0) is 13.9. The second-order valence-electron chi connectivity index (χ2n) is 5.05. The van der Waals surface area contributed by atoms with E-state index in [1.54, 1.807) is 6.07 Å². The highest BCUT2D eigenvalue weighted by Crippen LogP contribution is 2.37. The second-order valence-corrected chi connectivity index (χ2v) is 6.35. The Morgan fingerprint density at radius 2 is 2.10 bits per heavy atom. The molecule has 2 aromatic rings. The Morgan fingerprint density at radius 3 is 2.95 bits per heavy atom. The fourth-order valence-electron chi connectivity index (χ4n) is 2.81. The summed E-state index contributed by atoms with van der Waals surface area (Å²) in [4.78, 5) is 1.31. The molecule has 0 amide bonds. The summed E-state index contributed by atoms with van der Waals surface area (Å²) in [6.45, 7) is 2.18. The van der Waals surface area contributed by atoms with Crippen LogP contribution in [0.3, 0.4) is 0 Å². The van der Waals surface area contributed by atoms with Crippen molar-refractivity contribution in [2.24, 2.45) is 0 Å². The maximum absolute atomic E-state index is 9.56. The highest BCUT2D eigenvalue weighted by atomic mass is 32.2. The summed E-state index contributed by atoms with van der Waals surface area (Å²) in [6, 6.07) is 14.6. The van der Waals surface area contributed by atoms with Crippen LogP contribution in [0.1, 0.15) is 30.5 Å². The molecular weight excluding hydrogens is 266 g/mol. The van der Waals surface area contributed by atoms with Crippen molar-refractivity contribution >= 4 is 17.4 Å². The number of rotatable bonds is 4. The maximum atomic E-state index is 9.56. The van der Waals surface area contributed by atoms with E-state index in [9.17, 15) is 5.11 Å². The summed E-state index contributed by atoms with van der Waals surface area (Å²) in [5.74, 6) is 1.44. The van der Waals surface area contributed by atoms with Gasteiger partial charge >= 0.3 is 0 Å². The normalized spacial score (nSPS) is 16.9. The molecular formula is C17H19NOS. The van der Waals surface area contributed by atoms with Crippen LogP contribution in [0.15, 0.2) is 47.4 Å². The summed E-state index contributed by atoms with van der Waals surface area (Å²) >= 11 is 1.87. The van der Waals surface area contributed by atoms with Gasteiger partial charge in [0.15, 0.2) is 0 Å². The van der Waals surface area contributed by atoms with Gasteiger partial charge in [-0.3, -0.25) is 0 Å². The van der Waals surface area contributed by atoms with Gasteiger partial charge in [0.05, 0.1) is 6.04 Å². The molecule has 3 rings (SSSR count). The first-order valence-corrected chi connectivity index (χ1v) is 8.06. The number of hydrogen-bond acceptors (Lipinski definition) is 3. The molecule has 0 saturated heterocycles. The summed E-state index contributed by atoms with van der Waals surface area (Å²) in [6.07, 6.45) is 2.12. The fourth-order valence-corrected chi connectivity index (χ4v) is 3.58. The lowest BCUT2D eigenvalue weighted by Gasteiger charge is -2.18. The molecule has 0 spiro atoms. The van der Waals surface area contributed by atoms with E-state index in [1.807, 2.05) is 23.9 Å². The number of aromatic hydroxyl groups is 1. The van der Waals surface area contributed by atoms with Crippen molar-refractivity contribution in [2.45, 2.75) is 30.7 Å². The quantitative estimate of drug-likeness (QED) is 0.805. The molecule has 0 saturated carbocycles. The largest absolute Gasteiger partial charge is 0.508 e. The first-order valence-electron chi connectivity index (χ1n) is 7.08. The Morgan fingerprint density at radius 1 is 1.25 bits per heavy atom. The van der Waals surface area contributed by atoms with Gasteiger partial charge in [0.2, 0.25) is 0 Å². The zero-order valence-corrected chi connectivity index (χ0v) is 12.4. The Bertz CT molecular complexity index is 612. The molecule has 0 radical (unpaired) electrons. The van der Waals surface area contributed by atoms with Crippen LogP contribution in [0.4, 0.5) is 5.69 Å². The van der Waals surface area contributed by atoms with Crippen molar-refractivity contribution in [3.63, 3.8) is 0 Å². The van der Waals surface area contributed by atoms with Gasteiger partial charge in [0.1, 0.15) is 5.75 Å². The Labute approximate surface area is 124 Å². The summed E-state index contributed by atoms with van der Waals surface area (Å²) in [5.41, 5.74) is 3.80. The average Bonchev–Trinajstić information content (AvgIpc) is 2.83. The summed E-state index contributed by atoms with van der Waals surface area (Å²) in [7, 11) is 0. The fraction of sp³-hybridized carbons (Fsp3) is 0.294. The van der Waals surface area contributed by atoms with Crippen LogP contribution in [-0.2, 0) is 6.42 Å². The van der Waals surface area contributed by atoms with Crippen molar-refractivity contribution < 1.29 is 5.11 Å². The molecule has 0 bridgehead atoms. The van der Waals surface area contributed by atoms with Crippen LogP contribution in [0.5, 0.6) is 5.75 Å². The van der Waals surface area contributed by atoms with Crippen LogP contribution in [0, 0.1) is 0 Å². The minimum atomic E-state index is 0.351. The van der Waals surface area contributed by atoms with Gasteiger partial charge in [-0.2, -0.15) is 0 Å². The van der Waals surface area contributed by atoms with Crippen LogP contribution >= 0.6 is 11.8 Å². The van der Waals surface area contributed by atoms with E-state index in [0.29, 0.717) is 11.8 Å². The number of para-hydroxylation sites is 1. The minimum absolute atomic E-state index is 0.351. The molecule has 1 aliphatic carbocycles. The molecule has 0 aliphatic heterocycles. The molecule has 104 valence electrons. The maximum Gasteiger partial charge on any atom is 0.115 e. The predicted octanol–water partition coefficient (Wildman–Crippen LogP) is 4.60. The van der Waals surface area contributed by atoms with Gasteiger partial charge in [-0.1, -0.05) is 25.1 Å². The van der Waals surface area contributed by atoms with Gasteiger partial charge in [0.25, 0.3) is 0 Å². The number of benzene rings is 2. The van der Waals surface area contributed by atoms with Gasteiger partial charge in [-0.25, -0.2) is 0 Å². The predicted molar refractivity (Wildman–Crippen MR) is 85.6 cm³/mol. The van der Waals surface area contributed by atoms with Crippen molar-refractivity contribution in [2.75, 3.05) is 11.1 Å². The molecule has 20 heavy (non-hydrogen) atoms. The van der Waals surface area contributed by atoms with Crippen molar-refractivity contribution in [1.82, 2.24) is 0 Å². The third kappa shape index (κ3) is 2.63. The average molecular weight is 285 g/mol. The SMILES string of the molecule is CCSc1ccccc1NC1CCc2cc(O)ccc21. The smallest absolute Gasteiger partial charge is 0.115 e. The molecule has 0 fully saturated rings. The number of fused-ring (bicyclic) bond motifs is 1. The number of thioether (sulfide) groups is 1. The highest BCUT2D eigenvalue weighted by Gasteiger charge is 2.23. The number of nitrogens with one attached hydrogen (secondary N) is 1. The Hall–Kier alpha value is -1.61. The van der Waals surface area contributed by atoms with Crippen LogP contribution < -0.4 is 5.32 Å². The zero-order valence-electron chi connectivity index (χ0n) is 11.6. The summed E-state index contributed by atoms with van der Waals surface area (Å²) in [5, 5.41) is 13.2. The highest BCUT2D eigenvalue weighted by molar-refractivity contribution is 7.99. The van der Waals surface area contributed by atoms with Crippen molar-refractivity contribution in [3.05, 3.63) is 53.6 Å². The van der Waals surface area contributed by atoms with E-state index in [2.05, 4.69) is 36.5 Å². The van der Waals surface area contributed by atoms with Crippen LogP contribution in [0.25, 0.3) is 0 Å². The van der Waals surface area contributed by atoms with Crippen LogP contribution in [-0.4, -0.2) is 10.9 Å². The number of phenols is 1. The van der Waals surface area contributed by atoms with Gasteiger partial charge in [-0.15, -0.1) is 11.8 Å². The lowest BCUT2D eigenvalue weighted by Crippen LogP contribution is -2.07. The number of aryl methyl sites for hydroxylation is 1. The molecule has 2 nitrogen and oxygen atoms in total. The molecule has 2 N–H and O–H groups in total. The number of anilines is 1. The van der Waals surface area contributed by atoms with Crippen molar-refractivity contribution in [3.8, 4) is 5.75 Å². The monoisotopic (exact) mass is 285 g/mol. The summed E-state index contributed by atoms with van der Waals surface area (Å²) < 4.78 is 0. The van der Waals surface area contributed by atoms with Gasteiger partial charge in [-0.05, 0) is 54.0 Å². The number of phenolic OH excluding ortho intramolecular Hbond substituents is 1. The van der Waals surface area contributed by atoms with E-state index >= 15 is 0 Å². The Balaban J connectivity index is 1.84. The Kier molecular flexibility index (Phi) is 3.88. The standard InChI is InChI=1S/C17H19NOS/c1-2-20-17-6-4-3-5-16(17)18-15-10-7-12-11-13(19)8-9-14(12)15/h3-6,8-9,11,15,18-19H,2,7,10H2,1H3. The van der Waals surface area contributed by atoms with E-state index in [-0.39, 0.29) is 0 Å². The van der Waals surface area contributed by atoms with E-state index in [0.717, 1.165) is 18.6 Å². The third-order valence-corrected chi connectivity index (χ3v) is 4.68. The number of hydrogen-bond donors (Lipinski definition) is 2. The topological polar surface area (TPSA) is 32.3 Å². The van der Waals surface area contributed by atoms with Crippen LogP contribution in [0.2, 0.25) is 0 Å². The lowest BCUT2D eigenvalue weighted by atomic mass is 10.1. The van der Waals surface area contributed by atoms with Gasteiger partial charge < -0.3 is 10.4 Å².